The van der Waals surface area contributed by atoms with Crippen LogP contribution in [0.25, 0.3) is 0 Å². The smallest absolute Gasteiger partial charge is 0.285 e. The summed E-state index contributed by atoms with van der Waals surface area (Å²) >= 11 is 1.27. The minimum Gasteiger partial charge on any atom is -0.339 e. The lowest BCUT2D eigenvalue weighted by molar-refractivity contribution is 0.0792. The molecule has 0 bridgehead atoms. The first-order valence-electron chi connectivity index (χ1n) is 9.82. The van der Waals surface area contributed by atoms with Crippen molar-refractivity contribution in [2.75, 3.05) is 13.1 Å². The molecular weight excluding hydrogens is 418 g/mol. The number of carbonyl (C=O) groups is 1. The van der Waals surface area contributed by atoms with E-state index in [-0.39, 0.29) is 10.8 Å². The normalized spacial score (nSPS) is 15.0. The number of hydrogen-bond donors (Lipinski definition) is 0. The molecule has 0 N–H and O–H groups in total. The highest BCUT2D eigenvalue weighted by atomic mass is 32.2. The zero-order chi connectivity index (χ0) is 21.1. The van der Waals surface area contributed by atoms with Crippen molar-refractivity contribution in [1.82, 2.24) is 9.47 Å². The highest BCUT2D eigenvalue weighted by Gasteiger charge is 2.19. The molecule has 0 aliphatic carbocycles. The van der Waals surface area contributed by atoms with Gasteiger partial charge < -0.3 is 9.47 Å². The van der Waals surface area contributed by atoms with Gasteiger partial charge in [-0.2, -0.15) is 8.42 Å². The minimum atomic E-state index is -3.79. The third-order valence-electron chi connectivity index (χ3n) is 5.10. The van der Waals surface area contributed by atoms with E-state index in [1.807, 2.05) is 47.7 Å². The summed E-state index contributed by atoms with van der Waals surface area (Å²) in [5, 5.41) is 1.81. The van der Waals surface area contributed by atoms with Crippen molar-refractivity contribution in [3.8, 4) is 0 Å². The first-order chi connectivity index (χ1) is 14.4. The molecule has 1 amide bonds. The summed E-state index contributed by atoms with van der Waals surface area (Å²) in [5.41, 5.74) is 2.58. The summed E-state index contributed by atoms with van der Waals surface area (Å²) in [6.07, 6.45) is 3.91. The molecule has 0 atom stereocenters. The van der Waals surface area contributed by atoms with Gasteiger partial charge in [-0.1, -0.05) is 29.8 Å². The Kier molecular flexibility index (Phi) is 5.87. The van der Waals surface area contributed by atoms with Crippen LogP contribution >= 0.6 is 11.3 Å². The summed E-state index contributed by atoms with van der Waals surface area (Å²) in [5.74, 6) is 0.0523. The minimum absolute atomic E-state index is 0.0523. The average molecular weight is 442 g/mol. The van der Waals surface area contributed by atoms with Crippen LogP contribution in [0.1, 0.15) is 34.3 Å². The predicted molar refractivity (Wildman–Crippen MR) is 117 cm³/mol. The van der Waals surface area contributed by atoms with Crippen molar-refractivity contribution in [2.45, 2.75) is 31.2 Å². The number of aryl methyl sites for hydroxylation is 1. The molecule has 30 heavy (non-hydrogen) atoms. The molecular formula is C22H23N3O3S2. The van der Waals surface area contributed by atoms with Gasteiger partial charge in [0.2, 0.25) is 4.80 Å². The van der Waals surface area contributed by atoms with Crippen LogP contribution in [0.2, 0.25) is 0 Å². The van der Waals surface area contributed by atoms with Crippen molar-refractivity contribution >= 4 is 27.3 Å². The third kappa shape index (κ3) is 4.55. The van der Waals surface area contributed by atoms with E-state index in [4.69, 9.17) is 0 Å². The van der Waals surface area contributed by atoms with E-state index in [0.29, 0.717) is 16.9 Å². The molecule has 0 radical (unpaired) electrons. The largest absolute Gasteiger partial charge is 0.339 e. The highest BCUT2D eigenvalue weighted by molar-refractivity contribution is 7.90. The van der Waals surface area contributed by atoms with E-state index in [1.165, 1.54) is 11.3 Å². The number of thiazole rings is 1. The number of carbonyl (C=O) groups excluding carboxylic acids is 1. The number of rotatable bonds is 5. The molecule has 2 heterocycles. The van der Waals surface area contributed by atoms with Crippen LogP contribution in [0.5, 0.6) is 0 Å². The van der Waals surface area contributed by atoms with E-state index < -0.39 is 10.0 Å². The molecule has 1 fully saturated rings. The van der Waals surface area contributed by atoms with Gasteiger partial charge in [0.1, 0.15) is 0 Å². The number of likely N-dealkylation sites (tertiary alicyclic amines) is 1. The fraction of sp³-hybridized carbons (Fsp3) is 0.273. The second-order valence-electron chi connectivity index (χ2n) is 7.39. The van der Waals surface area contributed by atoms with Crippen molar-refractivity contribution in [3.63, 3.8) is 0 Å². The molecule has 1 aliphatic rings. The maximum Gasteiger partial charge on any atom is 0.285 e. The Balaban J connectivity index is 1.60. The van der Waals surface area contributed by atoms with E-state index in [2.05, 4.69) is 4.40 Å². The van der Waals surface area contributed by atoms with Crippen molar-refractivity contribution in [3.05, 3.63) is 81.6 Å². The third-order valence-corrected chi connectivity index (χ3v) is 7.29. The Hall–Kier alpha value is -2.71. The highest BCUT2D eigenvalue weighted by Crippen LogP contribution is 2.15. The summed E-state index contributed by atoms with van der Waals surface area (Å²) in [6, 6.07) is 14.2. The fourth-order valence-corrected chi connectivity index (χ4v) is 5.41. The number of benzene rings is 2. The Morgan fingerprint density at radius 2 is 1.83 bits per heavy atom. The molecule has 3 aromatic rings. The number of aromatic nitrogens is 1. The standard InChI is InChI=1S/C22H23N3O3S2/c1-17-7-9-20(10-8-17)30(27,28)23-22-25(13-14-29-22)16-18-5-4-6-19(15-18)21(26)24-11-2-3-12-24/h4-10,13-15H,2-3,11-12,16H2,1H3/b23-22-. The molecule has 1 saturated heterocycles. The van der Waals surface area contributed by atoms with Gasteiger partial charge in [-0.3, -0.25) is 4.79 Å². The summed E-state index contributed by atoms with van der Waals surface area (Å²) in [7, 11) is -3.79. The lowest BCUT2D eigenvalue weighted by Gasteiger charge is -2.15. The van der Waals surface area contributed by atoms with Crippen LogP contribution < -0.4 is 4.80 Å². The van der Waals surface area contributed by atoms with Gasteiger partial charge in [-0.25, -0.2) is 0 Å². The molecule has 8 heteroatoms. The summed E-state index contributed by atoms with van der Waals surface area (Å²) in [6.45, 7) is 3.96. The number of sulfonamides is 1. The Bertz CT molecular complexity index is 1220. The summed E-state index contributed by atoms with van der Waals surface area (Å²) in [4.78, 5) is 15.1. The van der Waals surface area contributed by atoms with Gasteiger partial charge in [-0.05, 0) is 49.6 Å². The molecule has 4 rings (SSSR count). The van der Waals surface area contributed by atoms with Gasteiger partial charge in [0, 0.05) is 36.8 Å². The quantitative estimate of drug-likeness (QED) is 0.609. The summed E-state index contributed by atoms with van der Waals surface area (Å²) < 4.78 is 31.2. The molecule has 2 aromatic carbocycles. The van der Waals surface area contributed by atoms with Crippen molar-refractivity contribution in [1.29, 1.82) is 0 Å². The lowest BCUT2D eigenvalue weighted by Crippen LogP contribution is -2.27. The van der Waals surface area contributed by atoms with Gasteiger partial charge in [-0.15, -0.1) is 15.7 Å². The molecule has 6 nitrogen and oxygen atoms in total. The predicted octanol–water partition coefficient (Wildman–Crippen LogP) is 3.43. The average Bonchev–Trinajstić information content (AvgIpc) is 3.40. The Morgan fingerprint density at radius 3 is 2.57 bits per heavy atom. The maximum absolute atomic E-state index is 12.7. The van der Waals surface area contributed by atoms with Crippen LogP contribution in [0.15, 0.2) is 69.4 Å². The van der Waals surface area contributed by atoms with Crippen LogP contribution in [0.4, 0.5) is 0 Å². The fourth-order valence-electron chi connectivity index (χ4n) is 3.46. The van der Waals surface area contributed by atoms with Gasteiger partial charge >= 0.3 is 0 Å². The van der Waals surface area contributed by atoms with Crippen molar-refractivity contribution < 1.29 is 13.2 Å². The SMILES string of the molecule is Cc1ccc(S(=O)(=O)/N=c2\sccn2Cc2cccc(C(=O)N3CCCC3)c2)cc1. The van der Waals surface area contributed by atoms with Crippen LogP contribution in [-0.4, -0.2) is 36.9 Å². The first kappa shape index (κ1) is 20.6. The first-order valence-corrected chi connectivity index (χ1v) is 12.1. The Morgan fingerprint density at radius 1 is 1.10 bits per heavy atom. The van der Waals surface area contributed by atoms with E-state index >= 15 is 0 Å². The van der Waals surface area contributed by atoms with Gasteiger partial charge in [0.15, 0.2) is 0 Å². The van der Waals surface area contributed by atoms with Gasteiger partial charge in [0.05, 0.1) is 4.90 Å². The van der Waals surface area contributed by atoms with E-state index in [0.717, 1.165) is 37.1 Å². The van der Waals surface area contributed by atoms with Crippen LogP contribution in [-0.2, 0) is 16.6 Å². The lowest BCUT2D eigenvalue weighted by atomic mass is 10.1. The maximum atomic E-state index is 12.7. The van der Waals surface area contributed by atoms with E-state index in [9.17, 15) is 13.2 Å². The van der Waals surface area contributed by atoms with Gasteiger partial charge in [0.25, 0.3) is 15.9 Å². The zero-order valence-corrected chi connectivity index (χ0v) is 18.3. The zero-order valence-electron chi connectivity index (χ0n) is 16.7. The number of nitrogens with zero attached hydrogens (tertiary/aromatic N) is 3. The molecule has 156 valence electrons. The topological polar surface area (TPSA) is 71.7 Å². The van der Waals surface area contributed by atoms with Crippen molar-refractivity contribution in [2.24, 2.45) is 4.40 Å². The monoisotopic (exact) mass is 441 g/mol. The van der Waals surface area contributed by atoms with E-state index in [1.54, 1.807) is 28.8 Å². The molecule has 0 saturated carbocycles. The van der Waals surface area contributed by atoms with Crippen LogP contribution in [0.3, 0.4) is 0 Å². The molecule has 0 spiro atoms. The second kappa shape index (κ2) is 8.57. The Labute approximate surface area is 180 Å². The molecule has 1 aliphatic heterocycles. The molecule has 1 aromatic heterocycles. The molecule has 0 unspecified atom stereocenters. The number of amides is 1. The van der Waals surface area contributed by atoms with Crippen LogP contribution in [0, 0.1) is 6.92 Å². The second-order valence-corrected chi connectivity index (χ2v) is 9.87. The number of hydrogen-bond acceptors (Lipinski definition) is 4.